The van der Waals surface area contributed by atoms with Gasteiger partial charge in [-0.15, -0.1) is 0 Å². The highest BCUT2D eigenvalue weighted by Crippen LogP contribution is 2.15. The molecule has 0 spiro atoms. The van der Waals surface area contributed by atoms with E-state index in [1.165, 1.54) is 25.3 Å². The van der Waals surface area contributed by atoms with E-state index in [2.05, 4.69) is 5.32 Å². The van der Waals surface area contributed by atoms with E-state index in [4.69, 9.17) is 21.9 Å². The number of ether oxygens (including phenoxy) is 1. The van der Waals surface area contributed by atoms with Gasteiger partial charge >= 0.3 is 0 Å². The van der Waals surface area contributed by atoms with Crippen LogP contribution in [0, 0.1) is 0 Å². The van der Waals surface area contributed by atoms with E-state index in [-0.39, 0.29) is 23.4 Å². The first kappa shape index (κ1) is 15.6. The van der Waals surface area contributed by atoms with Gasteiger partial charge in [0.1, 0.15) is 6.04 Å². The Hall–Kier alpha value is -2.45. The maximum absolute atomic E-state index is 11.7. The third kappa shape index (κ3) is 4.04. The molecule has 108 valence electrons. The number of benzene rings is 1. The number of methoxy groups -OCH3 is 1. The minimum atomic E-state index is -0.880. The molecule has 20 heavy (non-hydrogen) atoms. The summed E-state index contributed by atoms with van der Waals surface area (Å²) in [5.74, 6) is -2.02. The summed E-state index contributed by atoms with van der Waals surface area (Å²) in [6.07, 6.45) is 0. The second-order valence-corrected chi connectivity index (χ2v) is 4.08. The highest BCUT2D eigenvalue weighted by Gasteiger charge is 2.15. The van der Waals surface area contributed by atoms with E-state index in [0.717, 1.165) is 0 Å². The summed E-state index contributed by atoms with van der Waals surface area (Å²) in [6, 6.07) is 3.02. The zero-order chi connectivity index (χ0) is 15.3. The molecule has 0 aliphatic carbocycles. The van der Waals surface area contributed by atoms with Crippen molar-refractivity contribution >= 4 is 23.4 Å². The number of nitrogens with one attached hydrogen (secondary N) is 1. The van der Waals surface area contributed by atoms with Crippen LogP contribution in [0.2, 0.25) is 0 Å². The second-order valence-electron chi connectivity index (χ2n) is 4.08. The summed E-state index contributed by atoms with van der Waals surface area (Å²) >= 11 is 0. The van der Waals surface area contributed by atoms with Gasteiger partial charge in [-0.2, -0.15) is 0 Å². The van der Waals surface area contributed by atoms with E-state index >= 15 is 0 Å². The average Bonchev–Trinajstić information content (AvgIpc) is 2.38. The molecule has 1 rings (SSSR count). The van der Waals surface area contributed by atoms with Crippen LogP contribution in [0.5, 0.6) is 0 Å². The topological polar surface area (TPSA) is 151 Å². The zero-order valence-corrected chi connectivity index (χ0v) is 10.9. The Morgan fingerprint density at radius 1 is 1.15 bits per heavy atom. The lowest BCUT2D eigenvalue weighted by Gasteiger charge is -2.12. The molecule has 8 heteroatoms. The van der Waals surface area contributed by atoms with Crippen molar-refractivity contribution in [3.63, 3.8) is 0 Å². The number of nitrogens with two attached hydrogens (primary N) is 3. The Morgan fingerprint density at radius 3 is 2.05 bits per heavy atom. The summed E-state index contributed by atoms with van der Waals surface area (Å²) in [4.78, 5) is 34.0. The minimum absolute atomic E-state index is 0.0318. The number of anilines is 1. The lowest BCUT2D eigenvalue weighted by Crippen LogP contribution is -2.39. The Morgan fingerprint density at radius 2 is 1.65 bits per heavy atom. The Balaban J connectivity index is 3.02. The van der Waals surface area contributed by atoms with Gasteiger partial charge in [0.25, 0.3) is 0 Å². The molecule has 0 aliphatic rings. The Labute approximate surface area is 115 Å². The fourth-order valence-electron chi connectivity index (χ4n) is 1.47. The first-order valence-corrected chi connectivity index (χ1v) is 5.65. The van der Waals surface area contributed by atoms with Crippen LogP contribution in [-0.2, 0) is 9.53 Å². The number of hydrogen-bond donors (Lipinski definition) is 4. The van der Waals surface area contributed by atoms with Crippen molar-refractivity contribution in [2.75, 3.05) is 19.0 Å². The van der Waals surface area contributed by atoms with E-state index in [9.17, 15) is 14.4 Å². The van der Waals surface area contributed by atoms with Crippen molar-refractivity contribution in [1.82, 2.24) is 0 Å². The largest absolute Gasteiger partial charge is 0.383 e. The predicted octanol–water partition coefficient (Wildman–Crippen LogP) is -1.20. The van der Waals surface area contributed by atoms with E-state index in [0.29, 0.717) is 0 Å². The number of amides is 3. The van der Waals surface area contributed by atoms with Crippen molar-refractivity contribution in [2.45, 2.75) is 6.04 Å². The number of primary amides is 2. The average molecular weight is 280 g/mol. The lowest BCUT2D eigenvalue weighted by molar-refractivity contribution is -0.118. The van der Waals surface area contributed by atoms with Crippen LogP contribution in [-0.4, -0.2) is 37.5 Å². The van der Waals surface area contributed by atoms with Crippen LogP contribution in [0.15, 0.2) is 18.2 Å². The van der Waals surface area contributed by atoms with Gasteiger partial charge in [-0.05, 0) is 18.2 Å². The van der Waals surface area contributed by atoms with Crippen LogP contribution in [0.3, 0.4) is 0 Å². The van der Waals surface area contributed by atoms with E-state index in [1.54, 1.807) is 0 Å². The molecular formula is C12H16N4O4. The molecule has 0 saturated carbocycles. The quantitative estimate of drug-likeness (QED) is 0.515. The third-order valence-electron chi connectivity index (χ3n) is 2.45. The molecule has 7 N–H and O–H groups in total. The molecule has 1 unspecified atom stereocenters. The summed E-state index contributed by atoms with van der Waals surface area (Å²) in [5.41, 5.74) is 16.1. The third-order valence-corrected chi connectivity index (χ3v) is 2.45. The number of carbonyl (C=O) groups is 3. The molecule has 1 aromatic carbocycles. The van der Waals surface area contributed by atoms with Gasteiger partial charge in [0.15, 0.2) is 0 Å². The smallest absolute Gasteiger partial charge is 0.248 e. The first-order chi connectivity index (χ1) is 9.35. The van der Waals surface area contributed by atoms with Crippen molar-refractivity contribution in [2.24, 2.45) is 17.2 Å². The van der Waals surface area contributed by atoms with E-state index in [1.807, 2.05) is 0 Å². The van der Waals surface area contributed by atoms with Gasteiger partial charge in [0.2, 0.25) is 17.7 Å². The highest BCUT2D eigenvalue weighted by atomic mass is 16.5. The summed E-state index contributed by atoms with van der Waals surface area (Å²) < 4.78 is 4.75. The molecule has 0 aliphatic heterocycles. The Kier molecular flexibility index (Phi) is 5.18. The molecule has 0 aromatic heterocycles. The van der Waals surface area contributed by atoms with Gasteiger partial charge in [0, 0.05) is 23.9 Å². The lowest BCUT2D eigenvalue weighted by atomic mass is 10.1. The molecule has 1 aromatic rings. The molecule has 1 atom stereocenters. The van der Waals surface area contributed by atoms with Crippen molar-refractivity contribution in [3.05, 3.63) is 29.3 Å². The Bertz CT molecular complexity index is 512. The molecule has 0 fully saturated rings. The van der Waals surface area contributed by atoms with Gasteiger partial charge in [0.05, 0.1) is 6.61 Å². The molecule has 8 nitrogen and oxygen atoms in total. The molecule has 0 bridgehead atoms. The fraction of sp³-hybridized carbons (Fsp3) is 0.250. The molecule has 0 saturated heterocycles. The number of carbonyl (C=O) groups excluding carboxylic acids is 3. The monoisotopic (exact) mass is 280 g/mol. The molecule has 0 radical (unpaired) electrons. The van der Waals surface area contributed by atoms with Crippen LogP contribution in [0.4, 0.5) is 5.69 Å². The summed E-state index contributed by atoms with van der Waals surface area (Å²) in [5, 5.41) is 2.46. The molecule has 0 heterocycles. The van der Waals surface area contributed by atoms with Crippen LogP contribution in [0.25, 0.3) is 0 Å². The van der Waals surface area contributed by atoms with Gasteiger partial charge in [-0.1, -0.05) is 0 Å². The van der Waals surface area contributed by atoms with Crippen molar-refractivity contribution in [1.29, 1.82) is 0 Å². The highest BCUT2D eigenvalue weighted by molar-refractivity contribution is 6.02. The van der Waals surface area contributed by atoms with Gasteiger partial charge in [-0.3, -0.25) is 14.4 Å². The summed E-state index contributed by atoms with van der Waals surface area (Å²) in [7, 11) is 1.41. The first-order valence-electron chi connectivity index (χ1n) is 5.65. The predicted molar refractivity (Wildman–Crippen MR) is 72.0 cm³/mol. The normalized spacial score (nSPS) is 11.7. The second kappa shape index (κ2) is 6.64. The standard InChI is InChI=1S/C12H16N4O4/c1-20-5-9(13)12(19)16-8-3-6(10(14)17)2-7(4-8)11(15)18/h2-4,9H,5,13H2,1H3,(H2,14,17)(H2,15,18)(H,16,19). The maximum atomic E-state index is 11.7. The van der Waals surface area contributed by atoms with Crippen molar-refractivity contribution < 1.29 is 19.1 Å². The fourth-order valence-corrected chi connectivity index (χ4v) is 1.47. The van der Waals surface area contributed by atoms with Gasteiger partial charge in [-0.25, -0.2) is 0 Å². The molecular weight excluding hydrogens is 264 g/mol. The van der Waals surface area contributed by atoms with Crippen LogP contribution in [0.1, 0.15) is 20.7 Å². The SMILES string of the molecule is COCC(N)C(=O)Nc1cc(C(N)=O)cc(C(N)=O)c1. The minimum Gasteiger partial charge on any atom is -0.383 e. The van der Waals surface area contributed by atoms with Crippen LogP contribution < -0.4 is 22.5 Å². The maximum Gasteiger partial charge on any atom is 0.248 e. The van der Waals surface area contributed by atoms with Crippen LogP contribution >= 0.6 is 0 Å². The molecule has 3 amide bonds. The summed E-state index contributed by atoms with van der Waals surface area (Å²) in [6.45, 7) is 0.0318. The zero-order valence-electron chi connectivity index (χ0n) is 10.9. The van der Waals surface area contributed by atoms with E-state index < -0.39 is 23.8 Å². The number of hydrogen-bond acceptors (Lipinski definition) is 5. The number of rotatable bonds is 6. The van der Waals surface area contributed by atoms with Crippen molar-refractivity contribution in [3.8, 4) is 0 Å². The van der Waals surface area contributed by atoms with Gasteiger partial charge < -0.3 is 27.3 Å².